The largest absolute Gasteiger partial charge is 0.361 e. The zero-order valence-electron chi connectivity index (χ0n) is 10.9. The topological polar surface area (TPSA) is 70.1 Å². The van der Waals surface area contributed by atoms with Gasteiger partial charge in [-0.2, -0.15) is 5.10 Å². The summed E-state index contributed by atoms with van der Waals surface area (Å²) in [4.78, 5) is 18.9. The summed E-state index contributed by atoms with van der Waals surface area (Å²) in [5.41, 5.74) is 4.63. The van der Waals surface area contributed by atoms with Gasteiger partial charge < -0.3 is 4.98 Å². The minimum Gasteiger partial charge on any atom is -0.361 e. The van der Waals surface area contributed by atoms with Gasteiger partial charge in [-0.1, -0.05) is 29.8 Å². The molecule has 2 heterocycles. The number of benzene rings is 1. The Morgan fingerprint density at radius 3 is 3.00 bits per heavy atom. The molecule has 0 fully saturated rings. The molecule has 1 amide bonds. The van der Waals surface area contributed by atoms with E-state index < -0.39 is 5.91 Å². The predicted molar refractivity (Wildman–Crippen MR) is 82.6 cm³/mol. The van der Waals surface area contributed by atoms with Crippen molar-refractivity contribution in [3.63, 3.8) is 0 Å². The van der Waals surface area contributed by atoms with Crippen LogP contribution in [0.1, 0.15) is 15.9 Å². The Morgan fingerprint density at radius 2 is 2.14 bits per heavy atom. The minimum atomic E-state index is -0.399. The third-order valence-corrected chi connectivity index (χ3v) is 3.30. The molecule has 0 spiro atoms. The summed E-state index contributed by atoms with van der Waals surface area (Å²) in [5, 5.41) is 5.14. The molecule has 104 valence electrons. The van der Waals surface area contributed by atoms with Gasteiger partial charge in [-0.3, -0.25) is 4.79 Å². The molecule has 2 N–H and O–H groups in total. The number of pyridine rings is 1. The van der Waals surface area contributed by atoms with E-state index in [9.17, 15) is 4.79 Å². The van der Waals surface area contributed by atoms with Crippen molar-refractivity contribution >= 4 is 34.6 Å². The Hall–Kier alpha value is -2.66. The summed E-state index contributed by atoms with van der Waals surface area (Å²) < 4.78 is 0. The van der Waals surface area contributed by atoms with Gasteiger partial charge in [-0.15, -0.1) is 0 Å². The lowest BCUT2D eigenvalue weighted by Crippen LogP contribution is -2.18. The number of rotatable bonds is 3. The summed E-state index contributed by atoms with van der Waals surface area (Å²) in [6.45, 7) is 0. The molecular formula is C15H11ClN4O. The van der Waals surface area contributed by atoms with Crippen LogP contribution in [-0.4, -0.2) is 22.1 Å². The van der Waals surface area contributed by atoms with Crippen LogP contribution in [-0.2, 0) is 0 Å². The summed E-state index contributed by atoms with van der Waals surface area (Å²) >= 11 is 5.85. The molecule has 0 bridgehead atoms. The molecule has 0 radical (unpaired) electrons. The number of aromatic amines is 1. The average molecular weight is 299 g/mol. The van der Waals surface area contributed by atoms with Gasteiger partial charge in [0.05, 0.1) is 11.8 Å². The van der Waals surface area contributed by atoms with Gasteiger partial charge in [-0.25, -0.2) is 10.4 Å². The predicted octanol–water partition coefficient (Wildman–Crippen LogP) is 2.98. The first-order valence-electron chi connectivity index (χ1n) is 6.26. The molecule has 0 unspecified atom stereocenters. The van der Waals surface area contributed by atoms with Crippen molar-refractivity contribution in [2.24, 2.45) is 5.10 Å². The van der Waals surface area contributed by atoms with Crippen LogP contribution in [0.5, 0.6) is 0 Å². The second-order valence-electron chi connectivity index (χ2n) is 4.33. The average Bonchev–Trinajstić information content (AvgIpc) is 2.91. The van der Waals surface area contributed by atoms with E-state index in [-0.39, 0.29) is 10.7 Å². The fraction of sp³-hybridized carbons (Fsp3) is 0. The molecule has 3 aromatic rings. The molecule has 0 atom stereocenters. The van der Waals surface area contributed by atoms with Crippen molar-refractivity contribution in [3.8, 4) is 0 Å². The van der Waals surface area contributed by atoms with E-state index in [1.807, 2.05) is 30.5 Å². The number of hydrazone groups is 1. The highest BCUT2D eigenvalue weighted by Gasteiger charge is 2.09. The smallest absolute Gasteiger partial charge is 0.274 e. The van der Waals surface area contributed by atoms with Crippen molar-refractivity contribution in [1.82, 2.24) is 15.4 Å². The van der Waals surface area contributed by atoms with E-state index >= 15 is 0 Å². The van der Waals surface area contributed by atoms with Gasteiger partial charge >= 0.3 is 0 Å². The van der Waals surface area contributed by atoms with Crippen molar-refractivity contribution in [2.45, 2.75) is 0 Å². The Labute approximate surface area is 125 Å². The number of H-pyrrole nitrogens is 1. The molecule has 1 aromatic carbocycles. The van der Waals surface area contributed by atoms with Crippen LogP contribution >= 0.6 is 11.6 Å². The quantitative estimate of drug-likeness (QED) is 0.443. The molecule has 0 aliphatic rings. The van der Waals surface area contributed by atoms with Crippen LogP contribution in [0.3, 0.4) is 0 Å². The number of hydrogen-bond donors (Lipinski definition) is 2. The van der Waals surface area contributed by atoms with Gasteiger partial charge in [0, 0.05) is 28.9 Å². The molecule has 6 heteroatoms. The monoisotopic (exact) mass is 298 g/mol. The number of amides is 1. The first-order chi connectivity index (χ1) is 10.3. The van der Waals surface area contributed by atoms with E-state index in [0.29, 0.717) is 0 Å². The molecule has 0 aliphatic carbocycles. The van der Waals surface area contributed by atoms with Crippen LogP contribution in [0.15, 0.2) is 53.9 Å². The Bertz CT molecular complexity index is 825. The third kappa shape index (κ3) is 2.78. The van der Waals surface area contributed by atoms with E-state index in [1.54, 1.807) is 18.3 Å². The maximum Gasteiger partial charge on any atom is 0.274 e. The van der Waals surface area contributed by atoms with E-state index in [2.05, 4.69) is 20.5 Å². The molecule has 21 heavy (non-hydrogen) atoms. The first kappa shape index (κ1) is 13.3. The molecule has 3 rings (SSSR count). The fourth-order valence-electron chi connectivity index (χ4n) is 1.98. The number of aromatic nitrogens is 2. The lowest BCUT2D eigenvalue weighted by atomic mass is 10.2. The fourth-order valence-corrected chi connectivity index (χ4v) is 2.18. The number of nitrogens with zero attached hydrogens (tertiary/aromatic N) is 2. The zero-order valence-corrected chi connectivity index (χ0v) is 11.6. The Kier molecular flexibility index (Phi) is 3.66. The van der Waals surface area contributed by atoms with E-state index in [4.69, 9.17) is 11.6 Å². The van der Waals surface area contributed by atoms with Crippen molar-refractivity contribution in [1.29, 1.82) is 0 Å². The minimum absolute atomic E-state index is 0.150. The summed E-state index contributed by atoms with van der Waals surface area (Å²) in [5.74, 6) is -0.399. The van der Waals surface area contributed by atoms with Gasteiger partial charge in [-0.05, 0) is 18.2 Å². The van der Waals surface area contributed by atoms with Crippen LogP contribution < -0.4 is 5.43 Å². The van der Waals surface area contributed by atoms with Gasteiger partial charge in [0.25, 0.3) is 5.91 Å². The maximum atomic E-state index is 11.9. The summed E-state index contributed by atoms with van der Waals surface area (Å²) in [7, 11) is 0. The molecule has 0 saturated carbocycles. The highest BCUT2D eigenvalue weighted by Crippen LogP contribution is 2.15. The summed E-state index contributed by atoms with van der Waals surface area (Å²) in [6, 6.07) is 11.1. The second kappa shape index (κ2) is 5.76. The van der Waals surface area contributed by atoms with Crippen molar-refractivity contribution < 1.29 is 4.79 Å². The lowest BCUT2D eigenvalue weighted by molar-refractivity contribution is 0.0955. The Balaban J connectivity index is 1.76. The lowest BCUT2D eigenvalue weighted by Gasteiger charge is -2.00. The molecule has 5 nitrogen and oxygen atoms in total. The second-order valence-corrected chi connectivity index (χ2v) is 4.69. The molecule has 2 aromatic heterocycles. The standard InChI is InChI=1S/C15H11ClN4O/c16-14-12(5-3-7-17-14)15(21)20-19-9-10-8-18-13-6-2-1-4-11(10)13/h1-9,18H,(H,20,21)/b19-9+. The van der Waals surface area contributed by atoms with Crippen molar-refractivity contribution in [3.05, 3.63) is 65.1 Å². The maximum absolute atomic E-state index is 11.9. The van der Waals surface area contributed by atoms with E-state index in [1.165, 1.54) is 6.20 Å². The van der Waals surface area contributed by atoms with Crippen LogP contribution in [0, 0.1) is 0 Å². The third-order valence-electron chi connectivity index (χ3n) is 2.99. The van der Waals surface area contributed by atoms with Crippen LogP contribution in [0.25, 0.3) is 10.9 Å². The normalized spacial score (nSPS) is 11.1. The molecule has 0 saturated heterocycles. The zero-order chi connectivity index (χ0) is 14.7. The van der Waals surface area contributed by atoms with Gasteiger partial charge in [0.15, 0.2) is 0 Å². The number of halogens is 1. The Morgan fingerprint density at radius 1 is 1.29 bits per heavy atom. The first-order valence-corrected chi connectivity index (χ1v) is 6.63. The highest BCUT2D eigenvalue weighted by atomic mass is 35.5. The number of fused-ring (bicyclic) bond motifs is 1. The van der Waals surface area contributed by atoms with Crippen molar-refractivity contribution in [2.75, 3.05) is 0 Å². The number of hydrogen-bond acceptors (Lipinski definition) is 3. The summed E-state index contributed by atoms with van der Waals surface area (Å²) in [6.07, 6.45) is 4.94. The van der Waals surface area contributed by atoms with Gasteiger partial charge in [0.1, 0.15) is 5.15 Å². The number of nitrogens with one attached hydrogen (secondary N) is 2. The van der Waals surface area contributed by atoms with Crippen LogP contribution in [0.4, 0.5) is 0 Å². The van der Waals surface area contributed by atoms with E-state index in [0.717, 1.165) is 16.5 Å². The number of para-hydroxylation sites is 1. The molecular weight excluding hydrogens is 288 g/mol. The highest BCUT2D eigenvalue weighted by molar-refractivity contribution is 6.32. The number of carbonyl (C=O) groups is 1. The molecule has 0 aliphatic heterocycles. The number of carbonyl (C=O) groups excluding carboxylic acids is 1. The van der Waals surface area contributed by atoms with Gasteiger partial charge in [0.2, 0.25) is 0 Å². The SMILES string of the molecule is O=C(N/N=C/c1c[nH]c2ccccc12)c1cccnc1Cl. The van der Waals surface area contributed by atoms with Crippen LogP contribution in [0.2, 0.25) is 5.15 Å².